The van der Waals surface area contributed by atoms with Crippen molar-refractivity contribution in [1.29, 1.82) is 0 Å². The number of nitrogens with zero attached hydrogens (tertiary/aromatic N) is 2. The lowest BCUT2D eigenvalue weighted by molar-refractivity contribution is -0.145. The third-order valence-corrected chi connectivity index (χ3v) is 3.57. The Hall–Kier alpha value is -0.900. The molecule has 0 N–H and O–H groups in total. The summed E-state index contributed by atoms with van der Waals surface area (Å²) in [5.74, 6) is 0.0472. The fourth-order valence-corrected chi connectivity index (χ4v) is 2.38. The molecule has 2 rings (SSSR count). The molecule has 0 atom stereocenters. The van der Waals surface area contributed by atoms with Gasteiger partial charge < -0.3 is 0 Å². The van der Waals surface area contributed by atoms with Gasteiger partial charge in [-0.1, -0.05) is 20.8 Å². The van der Waals surface area contributed by atoms with Gasteiger partial charge >= 0.3 is 0 Å². The van der Waals surface area contributed by atoms with E-state index in [-0.39, 0.29) is 17.9 Å². The van der Waals surface area contributed by atoms with Crippen LogP contribution in [0.1, 0.15) is 40.0 Å². The largest absolute Gasteiger partial charge is 0.299 e. The maximum Gasteiger partial charge on any atom is 0.230 e. The molecule has 0 radical (unpaired) electrons. The van der Waals surface area contributed by atoms with E-state index in [0.717, 1.165) is 26.1 Å². The fraction of sp³-hybridized carbons (Fsp3) is 0.846. The number of hydrogen-bond acceptors (Lipinski definition) is 3. The zero-order chi connectivity index (χ0) is 12.6. The molecular weight excluding hydrogens is 216 g/mol. The van der Waals surface area contributed by atoms with Gasteiger partial charge in [-0.05, 0) is 18.4 Å². The predicted molar refractivity (Wildman–Crippen MR) is 65.4 cm³/mol. The van der Waals surface area contributed by atoms with Crippen LogP contribution >= 0.6 is 0 Å². The van der Waals surface area contributed by atoms with Gasteiger partial charge in [0.05, 0.1) is 6.04 Å². The first-order valence-electron chi connectivity index (χ1n) is 6.44. The second-order valence-corrected chi connectivity index (χ2v) is 6.38. The third kappa shape index (κ3) is 2.86. The van der Waals surface area contributed by atoms with Crippen LogP contribution in [0.25, 0.3) is 0 Å². The summed E-state index contributed by atoms with van der Waals surface area (Å²) in [6, 6.07) is 0.150. The van der Waals surface area contributed by atoms with Crippen molar-refractivity contribution < 1.29 is 9.59 Å². The Balaban J connectivity index is 1.75. The zero-order valence-corrected chi connectivity index (χ0v) is 11.0. The maximum absolute atomic E-state index is 11.5. The number of imide groups is 1. The van der Waals surface area contributed by atoms with Crippen molar-refractivity contribution in [2.45, 2.75) is 46.1 Å². The van der Waals surface area contributed by atoms with Crippen molar-refractivity contribution in [2.24, 2.45) is 5.41 Å². The highest BCUT2D eigenvalue weighted by atomic mass is 16.2. The van der Waals surface area contributed by atoms with E-state index in [1.807, 2.05) is 0 Å². The normalized spacial score (nSPS) is 23.4. The van der Waals surface area contributed by atoms with E-state index < -0.39 is 0 Å². The lowest BCUT2D eigenvalue weighted by Crippen LogP contribution is -2.60. The van der Waals surface area contributed by atoms with Gasteiger partial charge in [-0.2, -0.15) is 0 Å². The minimum Gasteiger partial charge on any atom is -0.299 e. The quantitative estimate of drug-likeness (QED) is 0.695. The molecule has 0 unspecified atom stereocenters. The van der Waals surface area contributed by atoms with Gasteiger partial charge in [0.15, 0.2) is 0 Å². The van der Waals surface area contributed by atoms with Gasteiger partial charge in [-0.3, -0.25) is 19.4 Å². The Morgan fingerprint density at radius 3 is 2.12 bits per heavy atom. The van der Waals surface area contributed by atoms with Crippen molar-refractivity contribution >= 4 is 11.8 Å². The Bertz CT molecular complexity index is 311. The van der Waals surface area contributed by atoms with Gasteiger partial charge in [-0.15, -0.1) is 0 Å². The molecule has 17 heavy (non-hydrogen) atoms. The Morgan fingerprint density at radius 2 is 1.65 bits per heavy atom. The fourth-order valence-electron chi connectivity index (χ4n) is 2.38. The summed E-state index contributed by atoms with van der Waals surface area (Å²) in [5.41, 5.74) is 0.352. The Kier molecular flexibility index (Phi) is 3.25. The SMILES string of the molecule is CC(C)(C)CCN1CC(N2C(=O)CCC2=O)C1. The number of carbonyl (C=O) groups is 2. The van der Waals surface area contributed by atoms with Crippen molar-refractivity contribution in [2.75, 3.05) is 19.6 Å². The highest BCUT2D eigenvalue weighted by Crippen LogP contribution is 2.25. The monoisotopic (exact) mass is 238 g/mol. The van der Waals surface area contributed by atoms with Gasteiger partial charge in [0.2, 0.25) is 11.8 Å². The van der Waals surface area contributed by atoms with Crippen LogP contribution in [0, 0.1) is 5.41 Å². The molecule has 2 heterocycles. The number of rotatable bonds is 3. The second kappa shape index (κ2) is 4.41. The Labute approximate surface area is 103 Å². The number of likely N-dealkylation sites (tertiary alicyclic amines) is 2. The first kappa shape index (κ1) is 12.6. The Morgan fingerprint density at radius 1 is 1.12 bits per heavy atom. The number of carbonyl (C=O) groups excluding carboxylic acids is 2. The van der Waals surface area contributed by atoms with Crippen LogP contribution in [-0.4, -0.2) is 47.3 Å². The summed E-state index contributed by atoms with van der Waals surface area (Å²) in [7, 11) is 0. The standard InChI is InChI=1S/C13H22N2O2/c1-13(2,3)6-7-14-8-10(9-14)15-11(16)4-5-12(15)17/h10H,4-9H2,1-3H3. The van der Waals surface area contributed by atoms with Gasteiger partial charge in [-0.25, -0.2) is 0 Å². The summed E-state index contributed by atoms with van der Waals surface area (Å²) in [5, 5.41) is 0. The van der Waals surface area contributed by atoms with Crippen LogP contribution in [0.2, 0.25) is 0 Å². The van der Waals surface area contributed by atoms with E-state index in [1.165, 1.54) is 4.90 Å². The minimum absolute atomic E-state index is 0.0236. The van der Waals surface area contributed by atoms with Crippen molar-refractivity contribution in [3.05, 3.63) is 0 Å². The van der Waals surface area contributed by atoms with Crippen molar-refractivity contribution in [3.8, 4) is 0 Å². The molecule has 2 saturated heterocycles. The molecule has 4 heteroatoms. The summed E-state index contributed by atoms with van der Waals surface area (Å²) < 4.78 is 0. The van der Waals surface area contributed by atoms with Crippen LogP contribution in [0.5, 0.6) is 0 Å². The highest BCUT2D eigenvalue weighted by Gasteiger charge is 2.40. The van der Waals surface area contributed by atoms with Crippen LogP contribution < -0.4 is 0 Å². The minimum atomic E-state index is 0.0236. The van der Waals surface area contributed by atoms with E-state index in [4.69, 9.17) is 0 Å². The molecule has 0 saturated carbocycles. The van der Waals surface area contributed by atoms with E-state index in [2.05, 4.69) is 25.7 Å². The first-order chi connectivity index (χ1) is 7.87. The second-order valence-electron chi connectivity index (χ2n) is 6.38. The summed E-state index contributed by atoms with van der Waals surface area (Å²) in [6.07, 6.45) is 1.98. The summed E-state index contributed by atoms with van der Waals surface area (Å²) >= 11 is 0. The van der Waals surface area contributed by atoms with Crippen LogP contribution in [0.15, 0.2) is 0 Å². The smallest absolute Gasteiger partial charge is 0.230 e. The molecule has 96 valence electrons. The maximum atomic E-state index is 11.5. The number of hydrogen-bond donors (Lipinski definition) is 0. The van der Waals surface area contributed by atoms with Gasteiger partial charge in [0, 0.05) is 25.9 Å². The molecule has 0 aliphatic carbocycles. The molecular formula is C13H22N2O2. The van der Waals surface area contributed by atoms with E-state index >= 15 is 0 Å². The molecule has 2 aliphatic rings. The lowest BCUT2D eigenvalue weighted by Gasteiger charge is -2.43. The molecule has 0 aromatic rings. The summed E-state index contributed by atoms with van der Waals surface area (Å²) in [4.78, 5) is 26.9. The molecule has 2 amide bonds. The molecule has 0 spiro atoms. The topological polar surface area (TPSA) is 40.6 Å². The van der Waals surface area contributed by atoms with Crippen molar-refractivity contribution in [1.82, 2.24) is 9.80 Å². The third-order valence-electron chi connectivity index (χ3n) is 3.57. The molecule has 4 nitrogen and oxygen atoms in total. The van der Waals surface area contributed by atoms with Crippen LogP contribution in [0.4, 0.5) is 0 Å². The molecule has 0 aromatic heterocycles. The predicted octanol–water partition coefficient (Wildman–Crippen LogP) is 1.26. The van der Waals surface area contributed by atoms with Crippen molar-refractivity contribution in [3.63, 3.8) is 0 Å². The lowest BCUT2D eigenvalue weighted by atomic mass is 9.91. The average molecular weight is 238 g/mol. The molecule has 0 aromatic carbocycles. The molecule has 2 fully saturated rings. The van der Waals surface area contributed by atoms with Crippen LogP contribution in [-0.2, 0) is 9.59 Å². The number of amides is 2. The van der Waals surface area contributed by atoms with Gasteiger partial charge in [0.25, 0.3) is 0 Å². The molecule has 0 bridgehead atoms. The van der Waals surface area contributed by atoms with Gasteiger partial charge in [0.1, 0.15) is 0 Å². The average Bonchev–Trinajstić information content (AvgIpc) is 2.44. The first-order valence-corrected chi connectivity index (χ1v) is 6.44. The molecule has 2 aliphatic heterocycles. The summed E-state index contributed by atoms with van der Waals surface area (Å²) in [6.45, 7) is 9.50. The van der Waals surface area contributed by atoms with E-state index in [9.17, 15) is 9.59 Å². The van der Waals surface area contributed by atoms with E-state index in [0.29, 0.717) is 18.3 Å². The van der Waals surface area contributed by atoms with E-state index in [1.54, 1.807) is 0 Å². The van der Waals surface area contributed by atoms with Crippen LogP contribution in [0.3, 0.4) is 0 Å². The zero-order valence-electron chi connectivity index (χ0n) is 11.0. The highest BCUT2D eigenvalue weighted by molar-refractivity contribution is 6.02.